The Morgan fingerprint density at radius 1 is 1.30 bits per heavy atom. The van der Waals surface area contributed by atoms with Crippen LogP contribution in [0.25, 0.3) is 0 Å². The van der Waals surface area contributed by atoms with E-state index in [4.69, 9.17) is 9.47 Å². The lowest BCUT2D eigenvalue weighted by Crippen LogP contribution is -2.55. The number of rotatable bonds is 9. The van der Waals surface area contributed by atoms with E-state index in [0.717, 1.165) is 57.1 Å². The first-order valence-corrected chi connectivity index (χ1v) is 12.8. The molecule has 2 aliphatic carbocycles. The Labute approximate surface area is 179 Å². The summed E-state index contributed by atoms with van der Waals surface area (Å²) in [5, 5.41) is 3.42. The van der Waals surface area contributed by atoms with Crippen molar-refractivity contribution in [3.63, 3.8) is 0 Å². The molecule has 1 aromatic rings. The number of aldehydes is 1. The Morgan fingerprint density at radius 3 is 2.90 bits per heavy atom. The molecule has 5 atom stereocenters. The van der Waals surface area contributed by atoms with Crippen molar-refractivity contribution in [1.29, 1.82) is 0 Å². The highest BCUT2D eigenvalue weighted by Gasteiger charge is 2.58. The van der Waals surface area contributed by atoms with Gasteiger partial charge in [-0.25, -0.2) is 13.1 Å². The summed E-state index contributed by atoms with van der Waals surface area (Å²) in [5.41, 5.74) is 1.38. The zero-order chi connectivity index (χ0) is 21.2. The molecule has 3 aliphatic rings. The van der Waals surface area contributed by atoms with Gasteiger partial charge in [-0.3, -0.25) is 4.79 Å². The minimum absolute atomic E-state index is 0.0110. The Kier molecular flexibility index (Phi) is 6.48. The van der Waals surface area contributed by atoms with Crippen LogP contribution in [0, 0.1) is 5.92 Å². The van der Waals surface area contributed by atoms with E-state index in [0.29, 0.717) is 12.5 Å². The molecule has 166 valence electrons. The number of piperidine rings is 1. The van der Waals surface area contributed by atoms with Crippen LogP contribution in [0.15, 0.2) is 24.3 Å². The fourth-order valence-corrected chi connectivity index (χ4v) is 6.21. The third-order valence-corrected chi connectivity index (χ3v) is 7.61. The summed E-state index contributed by atoms with van der Waals surface area (Å²) in [7, 11) is -3.23. The van der Waals surface area contributed by atoms with Crippen molar-refractivity contribution in [2.75, 3.05) is 26.0 Å². The van der Waals surface area contributed by atoms with Gasteiger partial charge < -0.3 is 14.8 Å². The number of benzene rings is 1. The van der Waals surface area contributed by atoms with Gasteiger partial charge in [0.15, 0.2) is 6.29 Å². The van der Waals surface area contributed by atoms with Gasteiger partial charge in [-0.2, -0.15) is 0 Å². The van der Waals surface area contributed by atoms with E-state index in [-0.39, 0.29) is 30.2 Å². The fraction of sp³-hybridized carbons (Fsp3) is 0.682. The van der Waals surface area contributed by atoms with Gasteiger partial charge in [-0.15, -0.1) is 0 Å². The van der Waals surface area contributed by atoms with Gasteiger partial charge >= 0.3 is 0 Å². The van der Waals surface area contributed by atoms with Gasteiger partial charge in [-0.1, -0.05) is 18.2 Å². The predicted molar refractivity (Wildman–Crippen MR) is 114 cm³/mol. The summed E-state index contributed by atoms with van der Waals surface area (Å²) in [6.45, 7) is 1.50. The first-order valence-electron chi connectivity index (χ1n) is 10.9. The summed E-state index contributed by atoms with van der Waals surface area (Å²) >= 11 is 0. The molecule has 1 aromatic carbocycles. The number of para-hydroxylation sites is 1. The standard InChI is InChI=1S/C22H32N2O5S/c1-30(26,27)24-19-6-4-10-23-20(19)15-29-17-8-9-22(14-16(22)13-17)18-5-2-3-7-21(18)28-12-11-25/h2-3,5,7,11,16-17,19-20,23-24H,4,6,8-10,12-15H2,1H3/t16?,17-,19+,20+,22-/m1/s1. The minimum atomic E-state index is -3.23. The quantitative estimate of drug-likeness (QED) is 0.573. The molecule has 7 nitrogen and oxygen atoms in total. The highest BCUT2D eigenvalue weighted by Crippen LogP contribution is 2.64. The summed E-state index contributed by atoms with van der Waals surface area (Å²) in [4.78, 5) is 10.7. The molecule has 1 unspecified atom stereocenters. The van der Waals surface area contributed by atoms with Crippen molar-refractivity contribution in [1.82, 2.24) is 10.0 Å². The van der Waals surface area contributed by atoms with Crippen LogP contribution in [0.5, 0.6) is 5.75 Å². The minimum Gasteiger partial charge on any atom is -0.486 e. The van der Waals surface area contributed by atoms with Crippen molar-refractivity contribution in [3.05, 3.63) is 29.8 Å². The van der Waals surface area contributed by atoms with E-state index in [1.165, 1.54) is 11.8 Å². The van der Waals surface area contributed by atoms with Crippen LogP contribution >= 0.6 is 0 Å². The number of ether oxygens (including phenoxy) is 2. The third kappa shape index (κ3) is 4.88. The zero-order valence-corrected chi connectivity index (χ0v) is 18.3. The number of carbonyl (C=O) groups excluding carboxylic acids is 1. The van der Waals surface area contributed by atoms with Crippen LogP contribution in [0.2, 0.25) is 0 Å². The summed E-state index contributed by atoms with van der Waals surface area (Å²) < 4.78 is 38.0. The third-order valence-electron chi connectivity index (χ3n) is 6.88. The molecule has 8 heteroatoms. The van der Waals surface area contributed by atoms with Crippen LogP contribution in [0.4, 0.5) is 0 Å². The first kappa shape index (κ1) is 21.7. The molecule has 0 radical (unpaired) electrons. The van der Waals surface area contributed by atoms with Crippen LogP contribution in [0.1, 0.15) is 44.1 Å². The van der Waals surface area contributed by atoms with Crippen LogP contribution in [-0.2, 0) is 25.0 Å². The van der Waals surface area contributed by atoms with Crippen molar-refractivity contribution in [3.8, 4) is 5.75 Å². The number of fused-ring (bicyclic) bond motifs is 1. The number of nitrogens with one attached hydrogen (secondary N) is 2. The molecule has 4 rings (SSSR count). The molecule has 0 bridgehead atoms. The SMILES string of the molecule is CS(=O)(=O)N[C@H]1CCCN[C@H]1CO[C@@H]1CC[C@@]2(c3ccccc3OCC=O)CC2C1. The van der Waals surface area contributed by atoms with Crippen molar-refractivity contribution < 1.29 is 22.7 Å². The maximum absolute atomic E-state index is 11.7. The number of hydrogen-bond acceptors (Lipinski definition) is 6. The van der Waals surface area contributed by atoms with Gasteiger partial charge in [0.1, 0.15) is 12.4 Å². The maximum Gasteiger partial charge on any atom is 0.209 e. The number of sulfonamides is 1. The van der Waals surface area contributed by atoms with E-state index in [9.17, 15) is 13.2 Å². The lowest BCUT2D eigenvalue weighted by Gasteiger charge is -2.35. The highest BCUT2D eigenvalue weighted by atomic mass is 32.2. The molecule has 0 amide bonds. The Morgan fingerprint density at radius 2 is 2.13 bits per heavy atom. The Bertz CT molecular complexity index is 861. The smallest absolute Gasteiger partial charge is 0.209 e. The van der Waals surface area contributed by atoms with Gasteiger partial charge in [0.25, 0.3) is 0 Å². The average Bonchev–Trinajstić information content (AvgIpc) is 3.45. The van der Waals surface area contributed by atoms with E-state index in [2.05, 4.69) is 16.1 Å². The van der Waals surface area contributed by atoms with Gasteiger partial charge in [0, 0.05) is 23.1 Å². The lowest BCUT2D eigenvalue weighted by atomic mass is 9.81. The molecule has 0 spiro atoms. The van der Waals surface area contributed by atoms with Gasteiger partial charge in [0.2, 0.25) is 10.0 Å². The van der Waals surface area contributed by atoms with Crippen LogP contribution in [0.3, 0.4) is 0 Å². The van der Waals surface area contributed by atoms with E-state index in [1.807, 2.05) is 18.2 Å². The first-order chi connectivity index (χ1) is 14.4. The molecule has 0 aromatic heterocycles. The maximum atomic E-state index is 11.7. The molecular weight excluding hydrogens is 404 g/mol. The van der Waals surface area contributed by atoms with Crippen molar-refractivity contribution >= 4 is 16.3 Å². The molecule has 1 aliphatic heterocycles. The van der Waals surface area contributed by atoms with Crippen molar-refractivity contribution in [2.45, 2.75) is 62.1 Å². The van der Waals surface area contributed by atoms with Crippen LogP contribution < -0.4 is 14.8 Å². The second kappa shape index (κ2) is 8.94. The number of carbonyl (C=O) groups is 1. The predicted octanol–water partition coefficient (Wildman–Crippen LogP) is 1.76. The van der Waals surface area contributed by atoms with E-state index >= 15 is 0 Å². The van der Waals surface area contributed by atoms with Gasteiger partial charge in [0.05, 0.1) is 19.0 Å². The highest BCUT2D eigenvalue weighted by molar-refractivity contribution is 7.88. The molecule has 1 saturated heterocycles. The molecular formula is C22H32N2O5S. The topological polar surface area (TPSA) is 93.7 Å². The fourth-order valence-electron chi connectivity index (χ4n) is 5.38. The summed E-state index contributed by atoms with van der Waals surface area (Å²) in [6, 6.07) is 7.98. The van der Waals surface area contributed by atoms with Gasteiger partial charge in [-0.05, 0) is 57.1 Å². The monoisotopic (exact) mass is 436 g/mol. The largest absolute Gasteiger partial charge is 0.486 e. The Balaban J connectivity index is 1.33. The Hall–Kier alpha value is -1.48. The van der Waals surface area contributed by atoms with E-state index in [1.54, 1.807) is 0 Å². The van der Waals surface area contributed by atoms with Crippen LogP contribution in [-0.4, -0.2) is 58.9 Å². The molecule has 1 heterocycles. The van der Waals surface area contributed by atoms with E-state index < -0.39 is 10.0 Å². The summed E-state index contributed by atoms with van der Waals surface area (Å²) in [5.74, 6) is 1.40. The molecule has 30 heavy (non-hydrogen) atoms. The number of hydrogen-bond donors (Lipinski definition) is 2. The molecule has 2 saturated carbocycles. The summed E-state index contributed by atoms with van der Waals surface area (Å²) in [6.07, 6.45) is 8.18. The molecule has 3 fully saturated rings. The second-order valence-corrected chi connectivity index (χ2v) is 10.7. The zero-order valence-electron chi connectivity index (χ0n) is 17.5. The van der Waals surface area contributed by atoms with Crippen molar-refractivity contribution in [2.24, 2.45) is 5.92 Å². The average molecular weight is 437 g/mol. The normalized spacial score (nSPS) is 33.5. The second-order valence-electron chi connectivity index (χ2n) is 8.96. The lowest BCUT2D eigenvalue weighted by molar-refractivity contribution is -0.109. The molecule has 2 N–H and O–H groups in total.